The Morgan fingerprint density at radius 2 is 1.84 bits per heavy atom. The molecule has 1 unspecified atom stereocenters. The average molecular weight is 327 g/mol. The SMILES string of the molecule is COc1ccc(C(C)(C)C)cc1C(=O)C(Br)C(C)C. The molecule has 106 valence electrons. The molecule has 0 aliphatic carbocycles. The van der Waals surface area contributed by atoms with Gasteiger partial charge in [0.2, 0.25) is 0 Å². The standard InChI is InChI=1S/C16H23BrO2/c1-10(2)14(17)15(18)12-9-11(16(3,4)5)7-8-13(12)19-6/h7-10,14H,1-6H3. The van der Waals surface area contributed by atoms with Crippen molar-refractivity contribution < 1.29 is 9.53 Å². The van der Waals surface area contributed by atoms with Crippen LogP contribution in [0.4, 0.5) is 0 Å². The Hall–Kier alpha value is -0.830. The van der Waals surface area contributed by atoms with Crippen molar-refractivity contribution in [3.63, 3.8) is 0 Å². The van der Waals surface area contributed by atoms with E-state index in [1.54, 1.807) is 7.11 Å². The Morgan fingerprint density at radius 1 is 1.26 bits per heavy atom. The van der Waals surface area contributed by atoms with Crippen LogP contribution in [0.3, 0.4) is 0 Å². The molecular formula is C16H23BrO2. The lowest BCUT2D eigenvalue weighted by Gasteiger charge is -2.22. The fourth-order valence-corrected chi connectivity index (χ4v) is 2.06. The van der Waals surface area contributed by atoms with Gasteiger partial charge < -0.3 is 4.74 Å². The minimum Gasteiger partial charge on any atom is -0.496 e. The maximum atomic E-state index is 12.5. The molecule has 1 atom stereocenters. The van der Waals surface area contributed by atoms with Crippen LogP contribution in [0, 0.1) is 5.92 Å². The van der Waals surface area contributed by atoms with Gasteiger partial charge in [0.25, 0.3) is 0 Å². The van der Waals surface area contributed by atoms with E-state index in [-0.39, 0.29) is 21.9 Å². The Balaban J connectivity index is 3.27. The summed E-state index contributed by atoms with van der Waals surface area (Å²) in [7, 11) is 1.60. The third-order valence-corrected chi connectivity index (χ3v) is 4.64. The molecule has 1 aromatic rings. The third-order valence-electron chi connectivity index (χ3n) is 3.17. The molecule has 1 aromatic carbocycles. The van der Waals surface area contributed by atoms with Crippen LogP contribution in [0.25, 0.3) is 0 Å². The summed E-state index contributed by atoms with van der Waals surface area (Å²) < 4.78 is 5.32. The molecule has 1 rings (SSSR count). The number of ketones is 1. The zero-order chi connectivity index (χ0) is 14.8. The van der Waals surface area contributed by atoms with E-state index in [0.29, 0.717) is 11.3 Å². The van der Waals surface area contributed by atoms with Gasteiger partial charge in [-0.15, -0.1) is 0 Å². The quantitative estimate of drug-likeness (QED) is 0.597. The van der Waals surface area contributed by atoms with Gasteiger partial charge in [0.15, 0.2) is 5.78 Å². The number of benzene rings is 1. The molecule has 0 spiro atoms. The maximum absolute atomic E-state index is 12.5. The Labute approximate surface area is 124 Å². The van der Waals surface area contributed by atoms with Crippen molar-refractivity contribution in [3.05, 3.63) is 29.3 Å². The Bertz CT molecular complexity index is 458. The van der Waals surface area contributed by atoms with E-state index in [4.69, 9.17) is 4.74 Å². The zero-order valence-electron chi connectivity index (χ0n) is 12.6. The van der Waals surface area contributed by atoms with Crippen LogP contribution in [-0.2, 0) is 5.41 Å². The first-order chi connectivity index (χ1) is 8.68. The van der Waals surface area contributed by atoms with Crippen molar-refractivity contribution in [2.45, 2.75) is 44.9 Å². The van der Waals surface area contributed by atoms with Gasteiger partial charge in [-0.25, -0.2) is 0 Å². The second-order valence-electron chi connectivity index (χ2n) is 6.18. The monoisotopic (exact) mass is 326 g/mol. The fraction of sp³-hybridized carbons (Fsp3) is 0.562. The summed E-state index contributed by atoms with van der Waals surface area (Å²) in [4.78, 5) is 12.3. The maximum Gasteiger partial charge on any atom is 0.180 e. The van der Waals surface area contributed by atoms with E-state index in [1.807, 2.05) is 32.0 Å². The number of alkyl halides is 1. The lowest BCUT2D eigenvalue weighted by atomic mass is 9.85. The van der Waals surface area contributed by atoms with Gasteiger partial charge >= 0.3 is 0 Å². The van der Waals surface area contributed by atoms with Gasteiger partial charge in [0.1, 0.15) is 5.75 Å². The highest BCUT2D eigenvalue weighted by Gasteiger charge is 2.25. The average Bonchev–Trinajstić information content (AvgIpc) is 2.34. The van der Waals surface area contributed by atoms with Gasteiger partial charge in [-0.3, -0.25) is 4.79 Å². The number of ether oxygens (including phenoxy) is 1. The minimum atomic E-state index is -0.184. The lowest BCUT2D eigenvalue weighted by molar-refractivity contribution is 0.0975. The van der Waals surface area contributed by atoms with E-state index < -0.39 is 0 Å². The molecule has 0 amide bonds. The van der Waals surface area contributed by atoms with Gasteiger partial charge in [-0.2, -0.15) is 0 Å². The second kappa shape index (κ2) is 6.08. The predicted octanol–water partition coefficient (Wildman–Crippen LogP) is 4.59. The first kappa shape index (κ1) is 16.2. The topological polar surface area (TPSA) is 26.3 Å². The second-order valence-corrected chi connectivity index (χ2v) is 7.16. The molecular weight excluding hydrogens is 304 g/mol. The number of carbonyl (C=O) groups is 1. The van der Waals surface area contributed by atoms with Crippen molar-refractivity contribution in [2.24, 2.45) is 5.92 Å². The molecule has 0 aromatic heterocycles. The van der Waals surface area contributed by atoms with Crippen LogP contribution < -0.4 is 4.74 Å². The molecule has 2 nitrogen and oxygen atoms in total. The highest BCUT2D eigenvalue weighted by molar-refractivity contribution is 9.10. The number of rotatable bonds is 4. The van der Waals surface area contributed by atoms with Crippen LogP contribution >= 0.6 is 15.9 Å². The summed E-state index contributed by atoms with van der Waals surface area (Å²) in [5.74, 6) is 0.969. The molecule has 0 heterocycles. The third kappa shape index (κ3) is 3.82. The lowest BCUT2D eigenvalue weighted by Crippen LogP contribution is -2.22. The summed E-state index contributed by atoms with van der Waals surface area (Å²) in [6.07, 6.45) is 0. The summed E-state index contributed by atoms with van der Waals surface area (Å²) in [6.45, 7) is 10.5. The smallest absolute Gasteiger partial charge is 0.180 e. The highest BCUT2D eigenvalue weighted by atomic mass is 79.9. The molecule has 3 heteroatoms. The summed E-state index contributed by atoms with van der Waals surface area (Å²) in [5.41, 5.74) is 1.81. The molecule has 19 heavy (non-hydrogen) atoms. The highest BCUT2D eigenvalue weighted by Crippen LogP contribution is 2.30. The molecule has 0 fully saturated rings. The van der Waals surface area contributed by atoms with Gasteiger partial charge in [-0.05, 0) is 29.0 Å². The Kier molecular flexibility index (Phi) is 5.19. The molecule has 0 saturated heterocycles. The van der Waals surface area contributed by atoms with Crippen LogP contribution in [0.1, 0.15) is 50.5 Å². The van der Waals surface area contributed by atoms with E-state index in [9.17, 15) is 4.79 Å². The molecule has 0 bridgehead atoms. The van der Waals surface area contributed by atoms with E-state index in [2.05, 4.69) is 36.7 Å². The van der Waals surface area contributed by atoms with Crippen molar-refractivity contribution >= 4 is 21.7 Å². The predicted molar refractivity (Wildman–Crippen MR) is 83.6 cm³/mol. The van der Waals surface area contributed by atoms with E-state index in [1.165, 1.54) is 0 Å². The number of hydrogen-bond donors (Lipinski definition) is 0. The van der Waals surface area contributed by atoms with E-state index >= 15 is 0 Å². The molecule has 0 N–H and O–H groups in total. The first-order valence-corrected chi connectivity index (χ1v) is 7.47. The van der Waals surface area contributed by atoms with Crippen LogP contribution in [0.15, 0.2) is 18.2 Å². The number of hydrogen-bond acceptors (Lipinski definition) is 2. The van der Waals surface area contributed by atoms with Gasteiger partial charge in [-0.1, -0.05) is 56.6 Å². The summed E-state index contributed by atoms with van der Waals surface area (Å²) in [6, 6.07) is 5.86. The van der Waals surface area contributed by atoms with Gasteiger partial charge in [0.05, 0.1) is 17.5 Å². The van der Waals surface area contributed by atoms with Crippen LogP contribution in [0.5, 0.6) is 5.75 Å². The molecule has 0 radical (unpaired) electrons. The number of methoxy groups -OCH3 is 1. The number of carbonyl (C=O) groups excluding carboxylic acids is 1. The van der Waals surface area contributed by atoms with Crippen molar-refractivity contribution in [1.29, 1.82) is 0 Å². The van der Waals surface area contributed by atoms with Crippen LogP contribution in [0.2, 0.25) is 0 Å². The zero-order valence-corrected chi connectivity index (χ0v) is 14.2. The van der Waals surface area contributed by atoms with Crippen molar-refractivity contribution in [2.75, 3.05) is 7.11 Å². The minimum absolute atomic E-state index is 0.0148. The molecule has 0 aliphatic rings. The Morgan fingerprint density at radius 3 is 2.26 bits per heavy atom. The summed E-state index contributed by atoms with van der Waals surface area (Å²) in [5, 5.41) is 0. The normalized spacial score (nSPS) is 13.5. The number of halogens is 1. The van der Waals surface area contributed by atoms with Crippen molar-refractivity contribution in [3.8, 4) is 5.75 Å². The fourth-order valence-electron chi connectivity index (χ4n) is 1.82. The number of Topliss-reactive ketones (excluding diaryl/α,β-unsaturated/α-hetero) is 1. The molecule has 0 aliphatic heterocycles. The van der Waals surface area contributed by atoms with Gasteiger partial charge in [0, 0.05) is 0 Å². The largest absolute Gasteiger partial charge is 0.496 e. The van der Waals surface area contributed by atoms with Crippen LogP contribution in [-0.4, -0.2) is 17.7 Å². The molecule has 0 saturated carbocycles. The summed E-state index contributed by atoms with van der Waals surface area (Å²) >= 11 is 3.48. The van der Waals surface area contributed by atoms with Crippen molar-refractivity contribution in [1.82, 2.24) is 0 Å². The van der Waals surface area contributed by atoms with E-state index in [0.717, 1.165) is 5.56 Å². The first-order valence-electron chi connectivity index (χ1n) is 6.55.